The van der Waals surface area contributed by atoms with Gasteiger partial charge in [-0.05, 0) is 190 Å². The van der Waals surface area contributed by atoms with Gasteiger partial charge in [0.05, 0.1) is 47.7 Å². The summed E-state index contributed by atoms with van der Waals surface area (Å²) in [6.07, 6.45) is 9.16. The van der Waals surface area contributed by atoms with E-state index in [1.165, 1.54) is 27.2 Å². The van der Waals surface area contributed by atoms with Gasteiger partial charge >= 0.3 is 5.97 Å². The van der Waals surface area contributed by atoms with E-state index in [2.05, 4.69) is 35.1 Å². The highest BCUT2D eigenvalue weighted by atomic mass is 33.1. The molecule has 25 atom stereocenters. The van der Waals surface area contributed by atoms with E-state index < -0.39 is 142 Å². The number of aliphatic hydroxyl groups is 8. The number of rotatable bonds is 9. The van der Waals surface area contributed by atoms with Crippen LogP contribution in [0.2, 0.25) is 0 Å². The highest BCUT2D eigenvalue weighted by molar-refractivity contribution is 8.76. The van der Waals surface area contributed by atoms with Crippen LogP contribution in [0.5, 0.6) is 5.75 Å². The number of carbonyl (C=O) groups is 3. The van der Waals surface area contributed by atoms with E-state index in [4.69, 9.17) is 21.2 Å². The number of nitrogens with one attached hydrogen (secondary N) is 2. The molecule has 2 aromatic rings. The molecule has 9 aliphatic carbocycles. The standard InChI is InChI=1S/C73H101N5O13S2/c1-4-56-58(59(68(88)91-56)43-23-24-76-32-43)40-9-8-10-42-30-73(90)62-60(41-15-19-46(33-77-69(74)75)72(73,29-41)66(42)70(3,89)57(83)28-51(67(86)87)48-22-18-39-14-13-37(2)25-49(39)50(48)26-40)71(45-11-6-5-7-12-45)31-55(82)64(84)52-36-93-92-35-44(38-16-20-47(80)21-17-38)27-54(81)53(34-79)78-63(62)65(85)61(52)71/h16-18,20-21,23-24,32,37,40-42,44-46,48-53,55-61,64,66-67,76,78-80,82-84,86-87,89-90H,4-7,10-15,19,22,25-31,33-36H2,1-3H3,(H4,74,75,77)/t37-,40-,41+,42-,44-,46+,48-,49-,50-,51-,52+,53-,55+,56+,57-,58+,59+,60+,61+,64-,66-,70+,71+,72+,73-/m1/s1. The van der Waals surface area contributed by atoms with E-state index in [1.54, 1.807) is 37.4 Å². The molecule has 1 aromatic carbocycles. The highest BCUT2D eigenvalue weighted by Crippen LogP contribution is 2.79. The zero-order valence-corrected chi connectivity index (χ0v) is 55.9. The number of hydrogen-bond acceptors (Lipinski definition) is 17. The molecular weight excluding hydrogens is 1220 g/mol. The lowest BCUT2D eigenvalue weighted by atomic mass is 9.34. The summed E-state index contributed by atoms with van der Waals surface area (Å²) in [6, 6.07) is 7.28. The minimum atomic E-state index is -2.12. The van der Waals surface area contributed by atoms with Crippen molar-refractivity contribution in [1.82, 2.24) is 10.3 Å². The number of guanidine groups is 1. The summed E-state index contributed by atoms with van der Waals surface area (Å²) >= 11 is 0. The highest BCUT2D eigenvalue weighted by Gasteiger charge is 2.80. The third-order valence-electron chi connectivity index (χ3n) is 26.6. The minimum absolute atomic E-state index is 0.00863. The molecule has 0 radical (unpaired) electrons. The molecule has 13 rings (SSSR count). The number of benzene rings is 1. The average Bonchev–Trinajstić information content (AvgIpc) is 1.61. The molecule has 1 spiro atoms. The van der Waals surface area contributed by atoms with E-state index >= 15 is 14.7 Å². The summed E-state index contributed by atoms with van der Waals surface area (Å²) in [5.41, 5.74) is 9.21. The van der Waals surface area contributed by atoms with Crippen molar-refractivity contribution in [2.24, 2.45) is 116 Å². The molecule has 508 valence electrons. The second kappa shape index (κ2) is 26.5. The fraction of sp³-hybridized carbons (Fsp3) is 0.726. The summed E-state index contributed by atoms with van der Waals surface area (Å²) < 4.78 is 6.34. The van der Waals surface area contributed by atoms with Gasteiger partial charge in [-0.25, -0.2) is 0 Å². The van der Waals surface area contributed by atoms with Crippen molar-refractivity contribution in [3.63, 3.8) is 0 Å². The number of nitrogens with two attached hydrogens (primary N) is 2. The van der Waals surface area contributed by atoms with Crippen molar-refractivity contribution in [2.75, 3.05) is 24.7 Å². The van der Waals surface area contributed by atoms with Crippen LogP contribution in [0.4, 0.5) is 0 Å². The number of aliphatic hydroxyl groups excluding tert-OH is 5. The molecule has 3 heterocycles. The predicted octanol–water partition coefficient (Wildman–Crippen LogP) is 7.12. The van der Waals surface area contributed by atoms with Crippen LogP contribution in [0.3, 0.4) is 0 Å². The van der Waals surface area contributed by atoms with Crippen molar-refractivity contribution < 1.29 is 65.1 Å². The van der Waals surface area contributed by atoms with Crippen molar-refractivity contribution in [2.45, 2.75) is 203 Å². The normalized spacial score (nSPS) is 44.6. The molecule has 20 heteroatoms. The van der Waals surface area contributed by atoms with E-state index in [-0.39, 0.29) is 97.9 Å². The SMILES string of the molecule is CC[C@@H]1OC(=O)[C@@H](c2cc[nH]c2)[C@H]1[C@@H]1C#CC[C@@H]2C[C@@]3(O)C4=C5N[C@H](CO)C(=O)C[C@@H](c6ccc(O)cc6)CSSC[C@@H]6[C@@H](O)[C@@H](O)C[C@](C7CCCCC7)([C@H]4[C@H]4CC[C@@H](CN=C(N)N)[C@@]3(C4)[C@H]2[C@@](C)(O)[C@H](O)C[C@@H](C(O)O)[C@@H]2CC=C3CC[C@@H](C)C[C@H]3[C@@H]2C1)[C@@H]6C5=O. The number of aromatic amines is 1. The number of fused-ring (bicyclic) bond motifs is 10. The molecule has 1 aromatic heterocycles. The lowest BCUT2D eigenvalue weighted by Crippen LogP contribution is -2.73. The molecular formula is C73H101N5O13S2. The number of esters is 1. The average molecular weight is 1320 g/mol. The van der Waals surface area contributed by atoms with Gasteiger partial charge in [0.1, 0.15) is 17.9 Å². The molecule has 0 amide bonds. The summed E-state index contributed by atoms with van der Waals surface area (Å²) in [6.45, 7) is 5.21. The Balaban J connectivity index is 1.04. The Labute approximate surface area is 555 Å². The Hall–Kier alpha value is -4.40. The number of allylic oxidation sites excluding steroid dienone is 3. The van der Waals surface area contributed by atoms with Gasteiger partial charge in [-0.15, -0.1) is 5.92 Å². The topological polar surface area (TPSA) is 335 Å². The van der Waals surface area contributed by atoms with Gasteiger partial charge in [0.2, 0.25) is 0 Å². The first kappa shape index (κ1) is 67.2. The van der Waals surface area contributed by atoms with Gasteiger partial charge in [-0.2, -0.15) is 0 Å². The third kappa shape index (κ3) is 11.4. The van der Waals surface area contributed by atoms with Gasteiger partial charge in [-0.3, -0.25) is 19.4 Å². The number of Topliss-reactive ketones (excluding diaryl/α,β-unsaturated/α-hetero) is 2. The predicted molar refractivity (Wildman–Crippen MR) is 355 cm³/mol. The first-order valence-electron chi connectivity index (χ1n) is 35.2. The van der Waals surface area contributed by atoms with Crippen molar-refractivity contribution in [3.05, 3.63) is 76.8 Å². The van der Waals surface area contributed by atoms with Crippen LogP contribution in [0.15, 0.2) is 70.6 Å². The summed E-state index contributed by atoms with van der Waals surface area (Å²) in [4.78, 5) is 54.7. The summed E-state index contributed by atoms with van der Waals surface area (Å²) in [7, 11) is 3.04. The number of aromatic nitrogens is 1. The number of nitrogens with zero attached hydrogens (tertiary/aromatic N) is 1. The van der Waals surface area contributed by atoms with Gasteiger partial charge < -0.3 is 72.5 Å². The maximum Gasteiger partial charge on any atom is 0.314 e. The molecule has 0 unspecified atom stereocenters. The van der Waals surface area contributed by atoms with Crippen LogP contribution in [0.25, 0.3) is 0 Å². The molecule has 18 nitrogen and oxygen atoms in total. The Bertz CT molecular complexity index is 3250. The Morgan fingerprint density at radius 3 is 2.35 bits per heavy atom. The number of phenolic OH excluding ortho intramolecular Hbond substituents is 1. The molecule has 2 aliphatic heterocycles. The van der Waals surface area contributed by atoms with E-state index in [9.17, 15) is 45.6 Å². The number of ketones is 2. The zero-order valence-electron chi connectivity index (χ0n) is 54.2. The molecule has 11 aliphatic rings. The summed E-state index contributed by atoms with van der Waals surface area (Å²) in [5, 5.41) is 118. The molecule has 8 fully saturated rings. The smallest absolute Gasteiger partial charge is 0.314 e. The Morgan fingerprint density at radius 2 is 1.65 bits per heavy atom. The quantitative estimate of drug-likeness (QED) is 0.0226. The largest absolute Gasteiger partial charge is 0.508 e. The van der Waals surface area contributed by atoms with Crippen molar-refractivity contribution in [1.29, 1.82) is 0 Å². The molecule has 15 N–H and O–H groups in total. The third-order valence-corrected chi connectivity index (χ3v) is 29.2. The van der Waals surface area contributed by atoms with Crippen molar-refractivity contribution in [3.8, 4) is 17.6 Å². The van der Waals surface area contributed by atoms with Crippen molar-refractivity contribution >= 4 is 45.1 Å². The fourth-order valence-electron chi connectivity index (χ4n) is 22.9. The lowest BCUT2D eigenvalue weighted by Gasteiger charge is -2.70. The number of aliphatic imine (C=N–C) groups is 1. The number of H-pyrrole nitrogens is 1. The van der Waals surface area contributed by atoms with E-state index in [0.29, 0.717) is 55.1 Å². The number of ether oxygens (including phenoxy) is 1. The maximum absolute atomic E-state index is 17.1. The number of cyclic esters (lactones) is 1. The number of phenols is 1. The second-order valence-electron chi connectivity index (χ2n) is 31.1. The minimum Gasteiger partial charge on any atom is -0.508 e. The van der Waals surface area contributed by atoms with Crippen LogP contribution >= 0.6 is 21.6 Å². The van der Waals surface area contributed by atoms with Crippen LogP contribution in [0.1, 0.15) is 166 Å². The van der Waals surface area contributed by atoms with Crippen LogP contribution in [-0.4, -0.2) is 147 Å². The van der Waals surface area contributed by atoms with Gasteiger partial charge in [-0.1, -0.05) is 84.4 Å². The first-order chi connectivity index (χ1) is 44.6. The lowest BCUT2D eigenvalue weighted by molar-refractivity contribution is -0.241. The molecule has 93 heavy (non-hydrogen) atoms. The van der Waals surface area contributed by atoms with Crippen LogP contribution in [0, 0.1) is 111 Å². The van der Waals surface area contributed by atoms with Gasteiger partial charge in [0.25, 0.3) is 0 Å². The van der Waals surface area contributed by atoms with E-state index in [1.807, 2.05) is 19.2 Å². The fourth-order valence-corrected chi connectivity index (χ4v) is 25.7. The Morgan fingerprint density at radius 1 is 0.882 bits per heavy atom. The summed E-state index contributed by atoms with van der Waals surface area (Å²) in [5.74, 6) is -0.960. The molecule has 4 bridgehead atoms. The van der Waals surface area contributed by atoms with Gasteiger partial charge in [0.15, 0.2) is 23.8 Å². The Kier molecular flexibility index (Phi) is 19.1. The number of hydrogen-bond donors (Lipinski definition) is 13. The first-order valence-corrected chi connectivity index (χ1v) is 37.7. The van der Waals surface area contributed by atoms with E-state index in [0.717, 1.165) is 62.5 Å². The zero-order chi connectivity index (χ0) is 65.6. The molecule has 6 saturated carbocycles. The van der Waals surface area contributed by atoms with Crippen LogP contribution in [-0.2, 0) is 19.1 Å². The second-order valence-corrected chi connectivity index (χ2v) is 33.6. The number of aromatic hydroxyl groups is 1. The monoisotopic (exact) mass is 1320 g/mol. The maximum atomic E-state index is 17.1. The van der Waals surface area contributed by atoms with Gasteiger partial charge in [0, 0.05) is 90.1 Å². The molecule has 2 saturated heterocycles. The number of carbonyl (C=O) groups excluding carboxylic acids is 3. The van der Waals surface area contributed by atoms with Crippen LogP contribution < -0.4 is 16.8 Å².